The molecule has 3 nitrogen and oxygen atoms in total. The van der Waals surface area contributed by atoms with Crippen LogP contribution in [0.5, 0.6) is 0 Å². The summed E-state index contributed by atoms with van der Waals surface area (Å²) in [6.45, 7) is 5.15. The zero-order valence-corrected chi connectivity index (χ0v) is 10.6. The van der Waals surface area contributed by atoms with E-state index >= 15 is 0 Å². The second-order valence-electron chi connectivity index (χ2n) is 4.60. The molecule has 2 atom stereocenters. The third-order valence-electron chi connectivity index (χ3n) is 1.98. The second kappa shape index (κ2) is 5.20. The van der Waals surface area contributed by atoms with Gasteiger partial charge in [0.05, 0.1) is 15.7 Å². The molecule has 6 heteroatoms. The van der Waals surface area contributed by atoms with Crippen LogP contribution in [0.4, 0.5) is 8.78 Å². The van der Waals surface area contributed by atoms with E-state index in [1.807, 2.05) is 0 Å². The van der Waals surface area contributed by atoms with Crippen molar-refractivity contribution in [3.05, 3.63) is 35.4 Å². The first-order valence-electron chi connectivity index (χ1n) is 5.02. The van der Waals surface area contributed by atoms with Crippen molar-refractivity contribution in [3.63, 3.8) is 0 Å². The number of hydrogen-bond donors (Lipinski definition) is 2. The van der Waals surface area contributed by atoms with Crippen molar-refractivity contribution in [1.29, 1.82) is 0 Å². The Bertz CT molecular complexity index is 412. The van der Waals surface area contributed by atoms with E-state index in [1.54, 1.807) is 20.8 Å². The van der Waals surface area contributed by atoms with Gasteiger partial charge in [0.25, 0.3) is 0 Å². The molecule has 1 aromatic carbocycles. The molecule has 0 spiro atoms. The molecule has 0 aliphatic heterocycles. The van der Waals surface area contributed by atoms with Crippen LogP contribution in [0.2, 0.25) is 0 Å². The van der Waals surface area contributed by atoms with E-state index < -0.39 is 33.6 Å². The van der Waals surface area contributed by atoms with Gasteiger partial charge < -0.3 is 5.11 Å². The summed E-state index contributed by atoms with van der Waals surface area (Å²) in [5.74, 6) is -1.58. The van der Waals surface area contributed by atoms with Crippen LogP contribution < -0.4 is 4.72 Å². The standard InChI is InChI=1S/C11H15F2NO2S/c1-11(2,3)17(16)14-10(15)7-4-8(12)6-9(13)5-7/h4-6,10,14-15H,1-3H3/t10-,17?/m1/s1. The Morgan fingerprint density at radius 2 is 1.71 bits per heavy atom. The number of benzene rings is 1. The quantitative estimate of drug-likeness (QED) is 0.820. The van der Waals surface area contributed by atoms with Crippen LogP contribution in [-0.4, -0.2) is 14.1 Å². The van der Waals surface area contributed by atoms with Crippen LogP contribution in [0.3, 0.4) is 0 Å². The number of hydrogen-bond acceptors (Lipinski definition) is 2. The van der Waals surface area contributed by atoms with Crippen LogP contribution in [0.1, 0.15) is 32.6 Å². The normalized spacial score (nSPS) is 15.6. The first kappa shape index (κ1) is 14.2. The van der Waals surface area contributed by atoms with Crippen LogP contribution in [0.15, 0.2) is 18.2 Å². The van der Waals surface area contributed by atoms with E-state index in [1.165, 1.54) is 0 Å². The Morgan fingerprint density at radius 3 is 2.12 bits per heavy atom. The lowest BCUT2D eigenvalue weighted by molar-refractivity contribution is 0.167. The highest BCUT2D eigenvalue weighted by atomic mass is 32.2. The molecule has 0 heterocycles. The zero-order chi connectivity index (χ0) is 13.2. The van der Waals surface area contributed by atoms with Crippen LogP contribution in [0, 0.1) is 11.6 Å². The van der Waals surface area contributed by atoms with Gasteiger partial charge in [0.1, 0.15) is 17.9 Å². The lowest BCUT2D eigenvalue weighted by Crippen LogP contribution is -2.35. The molecule has 2 N–H and O–H groups in total. The predicted molar refractivity (Wildman–Crippen MR) is 62.3 cm³/mol. The fourth-order valence-electron chi connectivity index (χ4n) is 1.08. The Kier molecular flexibility index (Phi) is 4.35. The van der Waals surface area contributed by atoms with Gasteiger partial charge >= 0.3 is 0 Å². The van der Waals surface area contributed by atoms with Gasteiger partial charge in [-0.25, -0.2) is 17.7 Å². The molecule has 0 radical (unpaired) electrons. The minimum Gasteiger partial charge on any atom is -0.373 e. The summed E-state index contributed by atoms with van der Waals surface area (Å²) in [6.07, 6.45) is -1.37. The second-order valence-corrected chi connectivity index (χ2v) is 6.60. The largest absolute Gasteiger partial charge is 0.373 e. The Morgan fingerprint density at radius 1 is 1.24 bits per heavy atom. The maximum absolute atomic E-state index is 12.9. The van der Waals surface area contributed by atoms with Gasteiger partial charge in [0.2, 0.25) is 0 Å². The van der Waals surface area contributed by atoms with E-state index in [4.69, 9.17) is 0 Å². The summed E-state index contributed by atoms with van der Waals surface area (Å²) < 4.78 is 39.3. The Hall–Kier alpha value is -0.850. The minimum absolute atomic E-state index is 0.0000926. The van der Waals surface area contributed by atoms with E-state index in [0.717, 1.165) is 12.1 Å². The molecule has 0 aliphatic carbocycles. The molecule has 1 unspecified atom stereocenters. The molecule has 0 aliphatic rings. The highest BCUT2D eigenvalue weighted by molar-refractivity contribution is 7.84. The third-order valence-corrected chi connectivity index (χ3v) is 3.53. The number of halogens is 2. The van der Waals surface area contributed by atoms with Crippen molar-refractivity contribution >= 4 is 11.0 Å². The topological polar surface area (TPSA) is 49.3 Å². The van der Waals surface area contributed by atoms with Crippen molar-refractivity contribution in [2.24, 2.45) is 0 Å². The summed E-state index contributed by atoms with van der Waals surface area (Å²) in [7, 11) is -1.53. The van der Waals surface area contributed by atoms with Crippen molar-refractivity contribution in [2.75, 3.05) is 0 Å². The fraction of sp³-hybridized carbons (Fsp3) is 0.455. The van der Waals surface area contributed by atoms with Gasteiger partial charge in [0, 0.05) is 11.6 Å². The van der Waals surface area contributed by atoms with E-state index in [2.05, 4.69) is 4.72 Å². The molecule has 0 saturated carbocycles. The summed E-state index contributed by atoms with van der Waals surface area (Å²) in [5.41, 5.74) is 0.0000926. The van der Waals surface area contributed by atoms with Crippen molar-refractivity contribution < 1.29 is 18.1 Å². The van der Waals surface area contributed by atoms with E-state index in [-0.39, 0.29) is 5.56 Å². The minimum atomic E-state index is -1.53. The van der Waals surface area contributed by atoms with E-state index in [0.29, 0.717) is 6.07 Å². The van der Waals surface area contributed by atoms with Gasteiger partial charge in [-0.2, -0.15) is 0 Å². The van der Waals surface area contributed by atoms with Gasteiger partial charge in [-0.1, -0.05) is 0 Å². The molecule has 96 valence electrons. The Balaban J connectivity index is 2.83. The lowest BCUT2D eigenvalue weighted by Gasteiger charge is -2.21. The molecule has 1 aromatic rings. The van der Waals surface area contributed by atoms with Gasteiger partial charge in [-0.3, -0.25) is 0 Å². The molecule has 1 rings (SSSR count). The van der Waals surface area contributed by atoms with Gasteiger partial charge in [-0.05, 0) is 32.9 Å². The maximum atomic E-state index is 12.9. The van der Waals surface area contributed by atoms with Crippen LogP contribution in [0.25, 0.3) is 0 Å². The Labute approximate surface area is 101 Å². The molecule has 0 saturated heterocycles. The molecule has 0 aromatic heterocycles. The molecular formula is C11H15F2NO2S. The van der Waals surface area contributed by atoms with Crippen molar-refractivity contribution in [1.82, 2.24) is 4.72 Å². The molecule has 0 amide bonds. The third kappa shape index (κ3) is 4.14. The lowest BCUT2D eigenvalue weighted by atomic mass is 10.2. The predicted octanol–water partition coefficient (Wildman–Crippen LogP) is 2.01. The summed E-state index contributed by atoms with van der Waals surface area (Å²) in [6, 6.07) is 2.68. The number of nitrogens with one attached hydrogen (secondary N) is 1. The van der Waals surface area contributed by atoms with E-state index in [9.17, 15) is 18.1 Å². The summed E-state index contributed by atoms with van der Waals surface area (Å²) in [5, 5.41) is 9.67. The van der Waals surface area contributed by atoms with Crippen LogP contribution in [-0.2, 0) is 11.0 Å². The highest BCUT2D eigenvalue weighted by Gasteiger charge is 2.22. The highest BCUT2D eigenvalue weighted by Crippen LogP contribution is 2.17. The van der Waals surface area contributed by atoms with Gasteiger partial charge in [-0.15, -0.1) is 0 Å². The molecular weight excluding hydrogens is 248 g/mol. The van der Waals surface area contributed by atoms with Gasteiger partial charge in [0.15, 0.2) is 0 Å². The van der Waals surface area contributed by atoms with Crippen molar-refractivity contribution in [3.8, 4) is 0 Å². The number of aliphatic hydroxyl groups excluding tert-OH is 1. The summed E-state index contributed by atoms with van der Waals surface area (Å²) >= 11 is 0. The number of aliphatic hydroxyl groups is 1. The molecule has 17 heavy (non-hydrogen) atoms. The summed E-state index contributed by atoms with van der Waals surface area (Å²) in [4.78, 5) is 0. The molecule has 0 bridgehead atoms. The first-order chi connectivity index (χ1) is 7.70. The average Bonchev–Trinajstić information content (AvgIpc) is 2.14. The van der Waals surface area contributed by atoms with Crippen LogP contribution >= 0.6 is 0 Å². The average molecular weight is 263 g/mol. The number of rotatable bonds is 3. The zero-order valence-electron chi connectivity index (χ0n) is 9.83. The fourth-order valence-corrected chi connectivity index (χ4v) is 1.77. The molecule has 0 fully saturated rings. The SMILES string of the molecule is CC(C)(C)S(=O)N[C@H](O)c1cc(F)cc(F)c1. The van der Waals surface area contributed by atoms with Crippen molar-refractivity contribution in [2.45, 2.75) is 31.7 Å². The smallest absolute Gasteiger partial charge is 0.142 e. The monoisotopic (exact) mass is 263 g/mol. The first-order valence-corrected chi connectivity index (χ1v) is 6.17. The maximum Gasteiger partial charge on any atom is 0.142 e.